The molecule has 3 aliphatic rings. The lowest BCUT2D eigenvalue weighted by Gasteiger charge is -2.28. The number of morpholine rings is 1. The summed E-state index contributed by atoms with van der Waals surface area (Å²) in [5.74, 6) is 4.58. The lowest BCUT2D eigenvalue weighted by atomic mass is 9.82. The topological polar surface area (TPSA) is 70.8 Å². The number of rotatable bonds is 5. The van der Waals surface area contributed by atoms with Gasteiger partial charge in [0.2, 0.25) is 0 Å². The van der Waals surface area contributed by atoms with Gasteiger partial charge in [0, 0.05) is 46.3 Å². The fourth-order valence-electron chi connectivity index (χ4n) is 4.73. The van der Waals surface area contributed by atoms with Crippen LogP contribution in [0.2, 0.25) is 0 Å². The molecule has 1 aliphatic carbocycles. The number of guanidine groups is 1. The van der Waals surface area contributed by atoms with E-state index in [0.29, 0.717) is 6.54 Å². The van der Waals surface area contributed by atoms with Crippen LogP contribution in [0.3, 0.4) is 0 Å². The summed E-state index contributed by atoms with van der Waals surface area (Å²) in [6, 6.07) is 0. The molecule has 2 aliphatic heterocycles. The van der Waals surface area contributed by atoms with Gasteiger partial charge in [0.1, 0.15) is 12.4 Å². The van der Waals surface area contributed by atoms with E-state index in [0.717, 1.165) is 81.9 Å². The van der Waals surface area contributed by atoms with Gasteiger partial charge in [0.15, 0.2) is 11.8 Å². The highest BCUT2D eigenvalue weighted by Gasteiger charge is 2.35. The van der Waals surface area contributed by atoms with Crippen molar-refractivity contribution >= 4 is 29.9 Å². The van der Waals surface area contributed by atoms with E-state index < -0.39 is 0 Å². The summed E-state index contributed by atoms with van der Waals surface area (Å²) in [5.41, 5.74) is 0. The molecule has 0 amide bonds. The summed E-state index contributed by atoms with van der Waals surface area (Å²) in [6.07, 6.45) is 5.55. The molecule has 0 radical (unpaired) electrons. The summed E-state index contributed by atoms with van der Waals surface area (Å²) in [6.45, 7) is 10.5. The molecule has 2 atom stereocenters. The van der Waals surface area contributed by atoms with E-state index in [-0.39, 0.29) is 24.0 Å². The van der Waals surface area contributed by atoms with Gasteiger partial charge in [0.25, 0.3) is 0 Å². The molecule has 0 spiro atoms. The molecule has 4 rings (SSSR count). The van der Waals surface area contributed by atoms with Crippen LogP contribution in [0, 0.1) is 18.8 Å². The van der Waals surface area contributed by atoms with Crippen molar-refractivity contribution in [1.29, 1.82) is 0 Å². The minimum Gasteiger partial charge on any atom is -0.379 e. The zero-order valence-corrected chi connectivity index (χ0v) is 20.2. The molecule has 2 unspecified atom stereocenters. The number of halogens is 1. The smallest absolute Gasteiger partial charge is 0.194 e. The SMILES string of the molecule is Cc1nnc(CN=C(NCCN2CCOCC2)N2CC3CCCCC3C2)n1C.I. The van der Waals surface area contributed by atoms with Gasteiger partial charge in [-0.1, -0.05) is 12.8 Å². The molecule has 2 saturated heterocycles. The van der Waals surface area contributed by atoms with E-state index in [1.165, 1.54) is 25.7 Å². The van der Waals surface area contributed by atoms with Crippen molar-refractivity contribution < 1.29 is 4.74 Å². The van der Waals surface area contributed by atoms with Gasteiger partial charge in [-0.3, -0.25) is 4.90 Å². The molecule has 3 fully saturated rings. The molecule has 1 saturated carbocycles. The van der Waals surface area contributed by atoms with Gasteiger partial charge in [-0.15, -0.1) is 34.2 Å². The number of fused-ring (bicyclic) bond motifs is 1. The maximum atomic E-state index is 5.45. The maximum absolute atomic E-state index is 5.45. The Bertz CT molecular complexity index is 660. The molecular formula is C20H36IN7O. The highest BCUT2D eigenvalue weighted by Crippen LogP contribution is 2.35. The third-order valence-corrected chi connectivity index (χ3v) is 6.64. The predicted octanol–water partition coefficient (Wildman–Crippen LogP) is 1.64. The second-order valence-electron chi connectivity index (χ2n) is 8.45. The highest BCUT2D eigenvalue weighted by atomic mass is 127. The number of ether oxygens (including phenoxy) is 1. The van der Waals surface area contributed by atoms with Crippen molar-refractivity contribution in [2.45, 2.75) is 39.2 Å². The largest absolute Gasteiger partial charge is 0.379 e. The minimum atomic E-state index is 0. The first-order valence-electron chi connectivity index (χ1n) is 10.9. The number of aromatic nitrogens is 3. The lowest BCUT2D eigenvalue weighted by molar-refractivity contribution is 0.0388. The number of hydrogen-bond donors (Lipinski definition) is 1. The first-order chi connectivity index (χ1) is 13.7. The second-order valence-corrected chi connectivity index (χ2v) is 8.45. The zero-order chi connectivity index (χ0) is 19.3. The third-order valence-electron chi connectivity index (χ3n) is 6.64. The quantitative estimate of drug-likeness (QED) is 0.364. The average Bonchev–Trinajstić information content (AvgIpc) is 3.29. The Balaban J connectivity index is 0.00000240. The third kappa shape index (κ3) is 5.81. The van der Waals surface area contributed by atoms with Crippen molar-refractivity contribution in [2.75, 3.05) is 52.5 Å². The van der Waals surface area contributed by atoms with Crippen LogP contribution >= 0.6 is 24.0 Å². The normalized spacial score (nSPS) is 25.6. The maximum Gasteiger partial charge on any atom is 0.194 e. The van der Waals surface area contributed by atoms with E-state index in [4.69, 9.17) is 9.73 Å². The van der Waals surface area contributed by atoms with Crippen LogP contribution in [0.4, 0.5) is 0 Å². The van der Waals surface area contributed by atoms with Gasteiger partial charge in [-0.05, 0) is 31.6 Å². The number of aryl methyl sites for hydroxylation is 1. The zero-order valence-electron chi connectivity index (χ0n) is 17.8. The minimum absolute atomic E-state index is 0. The van der Waals surface area contributed by atoms with Crippen LogP contribution < -0.4 is 5.32 Å². The van der Waals surface area contributed by atoms with E-state index >= 15 is 0 Å². The predicted molar refractivity (Wildman–Crippen MR) is 125 cm³/mol. The van der Waals surface area contributed by atoms with E-state index in [1.54, 1.807) is 0 Å². The Kier molecular flexibility index (Phi) is 8.55. The lowest BCUT2D eigenvalue weighted by Crippen LogP contribution is -2.45. The molecule has 8 nitrogen and oxygen atoms in total. The first kappa shape index (κ1) is 22.7. The Morgan fingerprint density at radius 3 is 2.45 bits per heavy atom. The van der Waals surface area contributed by atoms with Crippen LogP contribution in [0.5, 0.6) is 0 Å². The highest BCUT2D eigenvalue weighted by molar-refractivity contribution is 14.0. The van der Waals surface area contributed by atoms with Gasteiger partial charge >= 0.3 is 0 Å². The number of nitrogens with one attached hydrogen (secondary N) is 1. The molecule has 0 bridgehead atoms. The molecule has 164 valence electrons. The van der Waals surface area contributed by atoms with Crippen LogP contribution in [0.1, 0.15) is 37.3 Å². The fourth-order valence-corrected chi connectivity index (χ4v) is 4.73. The molecule has 1 aromatic heterocycles. The summed E-state index contributed by atoms with van der Waals surface area (Å²) in [7, 11) is 2.01. The van der Waals surface area contributed by atoms with E-state index in [2.05, 4.69) is 25.3 Å². The summed E-state index contributed by atoms with van der Waals surface area (Å²) >= 11 is 0. The Morgan fingerprint density at radius 2 is 1.83 bits per heavy atom. The monoisotopic (exact) mass is 517 g/mol. The molecule has 1 N–H and O–H groups in total. The molecule has 29 heavy (non-hydrogen) atoms. The fraction of sp³-hybridized carbons (Fsp3) is 0.850. The van der Waals surface area contributed by atoms with Crippen molar-refractivity contribution in [1.82, 2.24) is 29.9 Å². The van der Waals surface area contributed by atoms with Crippen molar-refractivity contribution in [3.8, 4) is 0 Å². The number of hydrogen-bond acceptors (Lipinski definition) is 5. The van der Waals surface area contributed by atoms with Crippen LogP contribution in [-0.2, 0) is 18.3 Å². The number of likely N-dealkylation sites (tertiary alicyclic amines) is 1. The van der Waals surface area contributed by atoms with Crippen molar-refractivity contribution in [2.24, 2.45) is 23.9 Å². The molecule has 3 heterocycles. The van der Waals surface area contributed by atoms with Crippen LogP contribution in [-0.4, -0.2) is 83.0 Å². The molecule has 1 aromatic rings. The summed E-state index contributed by atoms with van der Waals surface area (Å²) in [4.78, 5) is 9.91. The van der Waals surface area contributed by atoms with E-state index in [9.17, 15) is 0 Å². The second kappa shape index (κ2) is 10.9. The Hall–Kier alpha value is -0.940. The van der Waals surface area contributed by atoms with Gasteiger partial charge in [0.05, 0.1) is 13.2 Å². The van der Waals surface area contributed by atoms with Gasteiger partial charge in [-0.2, -0.15) is 0 Å². The summed E-state index contributed by atoms with van der Waals surface area (Å²) < 4.78 is 7.48. The van der Waals surface area contributed by atoms with Gasteiger partial charge < -0.3 is 19.5 Å². The Labute approximate surface area is 191 Å². The van der Waals surface area contributed by atoms with Crippen molar-refractivity contribution in [3.05, 3.63) is 11.6 Å². The summed E-state index contributed by atoms with van der Waals surface area (Å²) in [5, 5.41) is 12.1. The average molecular weight is 517 g/mol. The molecular weight excluding hydrogens is 481 g/mol. The van der Waals surface area contributed by atoms with Crippen LogP contribution in [0.15, 0.2) is 4.99 Å². The first-order valence-corrected chi connectivity index (χ1v) is 10.9. The Morgan fingerprint density at radius 1 is 1.14 bits per heavy atom. The van der Waals surface area contributed by atoms with Gasteiger partial charge in [-0.25, -0.2) is 4.99 Å². The number of nitrogens with zero attached hydrogens (tertiary/aromatic N) is 6. The van der Waals surface area contributed by atoms with Crippen molar-refractivity contribution in [3.63, 3.8) is 0 Å². The molecule has 0 aromatic carbocycles. The van der Waals surface area contributed by atoms with E-state index in [1.807, 2.05) is 18.5 Å². The number of aliphatic imine (C=N–C) groups is 1. The standard InChI is InChI=1S/C20H35N7O.HI/c1-16-23-24-19(25(16)2)13-22-20(21-7-8-26-9-11-28-12-10-26)27-14-17-5-3-4-6-18(17)15-27;/h17-18H,3-15H2,1-2H3,(H,21,22);1H. The molecule has 9 heteroatoms. The van der Waals surface area contributed by atoms with Crippen LogP contribution in [0.25, 0.3) is 0 Å².